The Morgan fingerprint density at radius 1 is 1.07 bits per heavy atom. The molecule has 0 heterocycles. The first-order valence-electron chi connectivity index (χ1n) is 5.36. The van der Waals surface area contributed by atoms with Gasteiger partial charge in [0.25, 0.3) is 0 Å². The molecule has 1 aliphatic carbocycles. The molecule has 1 unspecified atom stereocenters. The van der Waals surface area contributed by atoms with Gasteiger partial charge in [-0.2, -0.15) is 0 Å². The Morgan fingerprint density at radius 3 is 2.40 bits per heavy atom. The summed E-state index contributed by atoms with van der Waals surface area (Å²) in [6.45, 7) is 2.39. The summed E-state index contributed by atoms with van der Waals surface area (Å²) in [7, 11) is -0.0327. The van der Waals surface area contributed by atoms with Crippen molar-refractivity contribution in [1.82, 2.24) is 0 Å². The van der Waals surface area contributed by atoms with Gasteiger partial charge in [-0.1, -0.05) is 44.3 Å². The van der Waals surface area contributed by atoms with Gasteiger partial charge in [0, 0.05) is 8.41 Å². The van der Waals surface area contributed by atoms with Gasteiger partial charge < -0.3 is 0 Å². The quantitative estimate of drug-likeness (QED) is 0.523. The number of allylic oxidation sites excluding steroid dienone is 2. The van der Waals surface area contributed by atoms with Crippen LogP contribution in [0.1, 0.15) is 25.7 Å². The van der Waals surface area contributed by atoms with Crippen LogP contribution in [0.3, 0.4) is 0 Å². The zero-order valence-electron chi connectivity index (χ0n) is 9.32. The highest BCUT2D eigenvalue weighted by atomic mass is 31.1. The lowest BCUT2D eigenvalue weighted by Gasteiger charge is -2.20. The molecule has 15 heavy (non-hydrogen) atoms. The summed E-state index contributed by atoms with van der Waals surface area (Å²) in [5, 5.41) is 3.23. The largest absolute Gasteiger partial charge is 0.0805 e. The van der Waals surface area contributed by atoms with Gasteiger partial charge >= 0.3 is 0 Å². The van der Waals surface area contributed by atoms with E-state index in [1.807, 2.05) is 0 Å². The van der Waals surface area contributed by atoms with Gasteiger partial charge in [-0.25, -0.2) is 0 Å². The lowest BCUT2D eigenvalue weighted by molar-refractivity contribution is 0.722. The zero-order chi connectivity index (χ0) is 9.80. The van der Waals surface area contributed by atoms with Crippen molar-refractivity contribution < 1.29 is 0 Å². The Hall–Kier alpha value is -0.545. The fourth-order valence-corrected chi connectivity index (χ4v) is 3.79. The fraction of sp³-hybridized carbons (Fsp3) is 0.385. The van der Waals surface area contributed by atoms with E-state index in [0.717, 1.165) is 0 Å². The Labute approximate surface area is 96.1 Å². The van der Waals surface area contributed by atoms with E-state index in [9.17, 15) is 0 Å². The van der Waals surface area contributed by atoms with Gasteiger partial charge in [-0.3, -0.25) is 0 Å². The lowest BCUT2D eigenvalue weighted by atomic mass is 10.1. The molecular formula is C13H17BP. The Balaban J connectivity index is 0.00000112. The van der Waals surface area contributed by atoms with Crippen LogP contribution in [0.2, 0.25) is 0 Å². The Bertz CT molecular complexity index is 319. The van der Waals surface area contributed by atoms with Gasteiger partial charge in [-0.05, 0) is 43.0 Å². The number of benzene rings is 1. The number of rotatable bonds is 2. The van der Waals surface area contributed by atoms with Crippen molar-refractivity contribution >= 4 is 21.6 Å². The van der Waals surface area contributed by atoms with E-state index in [1.165, 1.54) is 31.0 Å². The standard InChI is InChI=1S/C13H17P.B/c1-14(12-8-4-2-5-9-12)13-10-6-3-7-11-13;/h2,4-5,8-10H,3,6-7,11H2,1H3;. The van der Waals surface area contributed by atoms with Crippen LogP contribution in [0.5, 0.6) is 0 Å². The maximum absolute atomic E-state index is 2.47. The highest BCUT2D eigenvalue weighted by Crippen LogP contribution is 2.44. The van der Waals surface area contributed by atoms with E-state index in [4.69, 9.17) is 0 Å². The van der Waals surface area contributed by atoms with Crippen molar-refractivity contribution in [3.8, 4) is 0 Å². The summed E-state index contributed by atoms with van der Waals surface area (Å²) in [5.74, 6) is 0. The molecule has 2 rings (SSSR count). The maximum atomic E-state index is 2.47. The van der Waals surface area contributed by atoms with E-state index in [0.29, 0.717) is 0 Å². The second-order valence-electron chi connectivity index (χ2n) is 3.84. The highest BCUT2D eigenvalue weighted by molar-refractivity contribution is 7.68. The number of hydrogen-bond acceptors (Lipinski definition) is 0. The van der Waals surface area contributed by atoms with Crippen molar-refractivity contribution in [1.29, 1.82) is 0 Å². The van der Waals surface area contributed by atoms with Crippen LogP contribution < -0.4 is 5.30 Å². The molecule has 77 valence electrons. The van der Waals surface area contributed by atoms with Crippen LogP contribution >= 0.6 is 7.92 Å². The molecule has 1 aromatic carbocycles. The van der Waals surface area contributed by atoms with E-state index in [-0.39, 0.29) is 16.3 Å². The first-order chi connectivity index (χ1) is 6.88. The topological polar surface area (TPSA) is 0 Å². The first-order valence-corrected chi connectivity index (χ1v) is 7.14. The smallest absolute Gasteiger partial charge is 0 e. The molecule has 0 bridgehead atoms. The van der Waals surface area contributed by atoms with Crippen LogP contribution in [0, 0.1) is 0 Å². The lowest BCUT2D eigenvalue weighted by Crippen LogP contribution is -2.02. The van der Waals surface area contributed by atoms with Gasteiger partial charge in [0.1, 0.15) is 0 Å². The molecule has 0 spiro atoms. The third kappa shape index (κ3) is 3.21. The normalized spacial score (nSPS) is 17.5. The van der Waals surface area contributed by atoms with E-state index < -0.39 is 0 Å². The van der Waals surface area contributed by atoms with Crippen LogP contribution in [-0.4, -0.2) is 15.1 Å². The summed E-state index contributed by atoms with van der Waals surface area (Å²) in [5.41, 5.74) is 0. The molecule has 1 aromatic rings. The van der Waals surface area contributed by atoms with Gasteiger partial charge in [0.2, 0.25) is 0 Å². The van der Waals surface area contributed by atoms with E-state index in [2.05, 4.69) is 43.1 Å². The summed E-state index contributed by atoms with van der Waals surface area (Å²) < 4.78 is 0. The highest BCUT2D eigenvalue weighted by Gasteiger charge is 2.12. The summed E-state index contributed by atoms with van der Waals surface area (Å²) >= 11 is 0. The molecule has 0 aromatic heterocycles. The molecule has 0 saturated heterocycles. The fourth-order valence-electron chi connectivity index (χ4n) is 1.94. The first kappa shape index (κ1) is 12.5. The van der Waals surface area contributed by atoms with Crippen molar-refractivity contribution in [2.24, 2.45) is 0 Å². The molecule has 1 aliphatic rings. The van der Waals surface area contributed by atoms with Gasteiger partial charge in [0.15, 0.2) is 0 Å². The molecule has 0 aliphatic heterocycles. The van der Waals surface area contributed by atoms with Gasteiger partial charge in [-0.15, -0.1) is 0 Å². The third-order valence-electron chi connectivity index (χ3n) is 2.84. The van der Waals surface area contributed by atoms with Crippen molar-refractivity contribution in [3.63, 3.8) is 0 Å². The second-order valence-corrected chi connectivity index (χ2v) is 6.04. The van der Waals surface area contributed by atoms with E-state index in [1.54, 1.807) is 5.31 Å². The molecule has 0 saturated carbocycles. The van der Waals surface area contributed by atoms with Crippen molar-refractivity contribution in [2.45, 2.75) is 25.7 Å². The second kappa shape index (κ2) is 6.13. The molecule has 3 radical (unpaired) electrons. The molecule has 0 N–H and O–H groups in total. The monoisotopic (exact) mass is 215 g/mol. The average molecular weight is 215 g/mol. The average Bonchev–Trinajstić information content (AvgIpc) is 2.30. The van der Waals surface area contributed by atoms with E-state index >= 15 is 0 Å². The number of hydrogen-bond donors (Lipinski definition) is 0. The Morgan fingerprint density at radius 2 is 1.80 bits per heavy atom. The molecule has 0 fully saturated rings. The van der Waals surface area contributed by atoms with Crippen LogP contribution in [0.25, 0.3) is 0 Å². The molecular weight excluding hydrogens is 198 g/mol. The van der Waals surface area contributed by atoms with Gasteiger partial charge in [0.05, 0.1) is 0 Å². The van der Waals surface area contributed by atoms with Crippen molar-refractivity contribution in [3.05, 3.63) is 41.7 Å². The van der Waals surface area contributed by atoms with Crippen LogP contribution in [0.4, 0.5) is 0 Å². The predicted molar refractivity (Wildman–Crippen MR) is 71.2 cm³/mol. The van der Waals surface area contributed by atoms with Crippen LogP contribution in [-0.2, 0) is 0 Å². The third-order valence-corrected chi connectivity index (χ3v) is 5.18. The Kier molecular flexibility index (Phi) is 5.12. The van der Waals surface area contributed by atoms with Crippen LogP contribution in [0.15, 0.2) is 41.7 Å². The predicted octanol–water partition coefficient (Wildman–Crippen LogP) is 3.50. The minimum atomic E-state index is -0.0327. The molecule has 0 amide bonds. The maximum Gasteiger partial charge on any atom is 0 e. The summed E-state index contributed by atoms with van der Waals surface area (Å²) in [6, 6.07) is 10.9. The molecule has 0 nitrogen and oxygen atoms in total. The SMILES string of the molecule is CP(C1=CCCCC1)c1ccccc1.[B]. The molecule has 2 heteroatoms. The van der Waals surface area contributed by atoms with Crippen molar-refractivity contribution in [2.75, 3.05) is 6.66 Å². The zero-order valence-corrected chi connectivity index (χ0v) is 10.2. The molecule has 1 atom stereocenters. The summed E-state index contributed by atoms with van der Waals surface area (Å²) in [4.78, 5) is 0. The minimum Gasteiger partial charge on any atom is -0.0805 e. The summed E-state index contributed by atoms with van der Waals surface area (Å²) in [6.07, 6.45) is 7.89. The minimum absolute atomic E-state index is 0.